The number of aryl methyl sites for hydroxylation is 3. The highest BCUT2D eigenvalue weighted by Gasteiger charge is 2.20. The molecule has 0 bridgehead atoms. The van der Waals surface area contributed by atoms with Gasteiger partial charge in [0.2, 0.25) is 11.2 Å². The van der Waals surface area contributed by atoms with E-state index in [1.165, 1.54) is 0 Å². The first kappa shape index (κ1) is 22.1. The molecule has 33 heavy (non-hydrogen) atoms. The molecule has 1 aromatic heterocycles. The lowest BCUT2D eigenvalue weighted by Gasteiger charge is -2.13. The van der Waals surface area contributed by atoms with Crippen molar-refractivity contribution in [1.82, 2.24) is 0 Å². The zero-order chi connectivity index (χ0) is 23.5. The number of anilines is 1. The number of methoxy groups -OCH3 is 1. The van der Waals surface area contributed by atoms with Crippen LogP contribution in [-0.4, -0.2) is 19.6 Å². The van der Waals surface area contributed by atoms with Crippen LogP contribution in [0.1, 0.15) is 16.7 Å². The van der Waals surface area contributed by atoms with Gasteiger partial charge in [0.25, 0.3) is 5.91 Å². The minimum Gasteiger partial charge on any atom is -0.497 e. The highest BCUT2D eigenvalue weighted by molar-refractivity contribution is 5.92. The molecular formula is C27H25NO5. The average Bonchev–Trinajstić information content (AvgIpc) is 2.80. The molecule has 1 N–H and O–H groups in total. The van der Waals surface area contributed by atoms with Crippen molar-refractivity contribution in [2.24, 2.45) is 0 Å². The number of hydrogen-bond donors (Lipinski definition) is 1. The Balaban J connectivity index is 1.72. The summed E-state index contributed by atoms with van der Waals surface area (Å²) in [6.07, 6.45) is 0. The Morgan fingerprint density at radius 2 is 1.70 bits per heavy atom. The number of ether oxygens (including phenoxy) is 2. The van der Waals surface area contributed by atoms with Gasteiger partial charge >= 0.3 is 0 Å². The van der Waals surface area contributed by atoms with E-state index in [0.717, 1.165) is 16.7 Å². The molecule has 6 nitrogen and oxygen atoms in total. The summed E-state index contributed by atoms with van der Waals surface area (Å²) < 4.78 is 17.1. The normalized spacial score (nSPS) is 10.8. The molecule has 0 aliphatic carbocycles. The quantitative estimate of drug-likeness (QED) is 0.431. The number of nitrogens with one attached hydrogen (secondary N) is 1. The number of benzene rings is 3. The van der Waals surface area contributed by atoms with Crippen molar-refractivity contribution in [2.45, 2.75) is 20.8 Å². The molecule has 168 valence electrons. The molecule has 0 atom stereocenters. The van der Waals surface area contributed by atoms with E-state index in [9.17, 15) is 9.59 Å². The van der Waals surface area contributed by atoms with Crippen LogP contribution >= 0.6 is 0 Å². The lowest BCUT2D eigenvalue weighted by molar-refractivity contribution is -0.118. The second kappa shape index (κ2) is 9.20. The molecule has 0 spiro atoms. The number of fused-ring (bicyclic) bond motifs is 1. The topological polar surface area (TPSA) is 77.8 Å². The first-order valence-corrected chi connectivity index (χ1v) is 10.6. The highest BCUT2D eigenvalue weighted by Crippen LogP contribution is 2.32. The predicted octanol–water partition coefficient (Wildman–Crippen LogP) is 5.41. The number of amides is 1. The summed E-state index contributed by atoms with van der Waals surface area (Å²) in [7, 11) is 1.58. The van der Waals surface area contributed by atoms with Crippen LogP contribution in [0.25, 0.3) is 22.3 Å². The van der Waals surface area contributed by atoms with Crippen molar-refractivity contribution in [3.63, 3.8) is 0 Å². The van der Waals surface area contributed by atoms with E-state index in [2.05, 4.69) is 5.32 Å². The van der Waals surface area contributed by atoms with E-state index in [0.29, 0.717) is 28.0 Å². The Morgan fingerprint density at radius 3 is 2.39 bits per heavy atom. The summed E-state index contributed by atoms with van der Waals surface area (Å²) in [5, 5.41) is 3.19. The largest absolute Gasteiger partial charge is 0.497 e. The van der Waals surface area contributed by atoms with Crippen molar-refractivity contribution >= 4 is 22.6 Å². The first-order valence-electron chi connectivity index (χ1n) is 10.6. The van der Waals surface area contributed by atoms with Gasteiger partial charge in [0.1, 0.15) is 11.3 Å². The van der Waals surface area contributed by atoms with Gasteiger partial charge in [-0.15, -0.1) is 0 Å². The molecule has 0 saturated heterocycles. The fraction of sp³-hybridized carbons (Fsp3) is 0.185. The molecule has 0 aliphatic heterocycles. The second-order valence-corrected chi connectivity index (χ2v) is 7.96. The van der Waals surface area contributed by atoms with Crippen LogP contribution in [0.4, 0.5) is 5.69 Å². The Bertz CT molecular complexity index is 1390. The summed E-state index contributed by atoms with van der Waals surface area (Å²) in [4.78, 5) is 25.9. The van der Waals surface area contributed by atoms with E-state index in [4.69, 9.17) is 13.9 Å². The smallest absolute Gasteiger partial charge is 0.262 e. The molecular weight excluding hydrogens is 418 g/mol. The summed E-state index contributed by atoms with van der Waals surface area (Å²) in [5.74, 6) is 0.561. The zero-order valence-electron chi connectivity index (χ0n) is 19.0. The van der Waals surface area contributed by atoms with Gasteiger partial charge in [-0.25, -0.2) is 0 Å². The molecule has 4 aromatic rings. The Morgan fingerprint density at radius 1 is 0.970 bits per heavy atom. The summed E-state index contributed by atoms with van der Waals surface area (Å²) in [6, 6.07) is 18.2. The predicted molar refractivity (Wildman–Crippen MR) is 129 cm³/mol. The summed E-state index contributed by atoms with van der Waals surface area (Å²) >= 11 is 0. The van der Waals surface area contributed by atoms with Gasteiger partial charge in [-0.1, -0.05) is 12.1 Å². The number of carbonyl (C=O) groups excluding carboxylic acids is 1. The number of carbonyl (C=O) groups is 1. The molecule has 0 aliphatic rings. The summed E-state index contributed by atoms with van der Waals surface area (Å²) in [6.45, 7) is 5.50. The van der Waals surface area contributed by atoms with Crippen molar-refractivity contribution in [1.29, 1.82) is 0 Å². The van der Waals surface area contributed by atoms with Gasteiger partial charge in [-0.2, -0.15) is 0 Å². The van der Waals surface area contributed by atoms with Gasteiger partial charge in [-0.05, 0) is 86.0 Å². The highest BCUT2D eigenvalue weighted by atomic mass is 16.5. The van der Waals surface area contributed by atoms with Crippen LogP contribution in [-0.2, 0) is 4.79 Å². The molecule has 1 heterocycles. The van der Waals surface area contributed by atoms with Gasteiger partial charge in [0, 0.05) is 11.3 Å². The average molecular weight is 443 g/mol. The molecule has 0 radical (unpaired) electrons. The third-order valence-corrected chi connectivity index (χ3v) is 5.47. The lowest BCUT2D eigenvalue weighted by Crippen LogP contribution is -2.22. The fourth-order valence-electron chi connectivity index (χ4n) is 3.55. The van der Waals surface area contributed by atoms with Crippen LogP contribution in [0.3, 0.4) is 0 Å². The molecule has 0 saturated carbocycles. The Hall–Kier alpha value is -4.06. The maximum atomic E-state index is 13.4. The molecule has 6 heteroatoms. The molecule has 0 unspecified atom stereocenters. The molecule has 3 aromatic carbocycles. The zero-order valence-corrected chi connectivity index (χ0v) is 19.0. The Labute approximate surface area is 191 Å². The van der Waals surface area contributed by atoms with Crippen LogP contribution in [0.5, 0.6) is 11.5 Å². The molecule has 4 rings (SSSR count). The van der Waals surface area contributed by atoms with E-state index < -0.39 is 0 Å². The van der Waals surface area contributed by atoms with E-state index >= 15 is 0 Å². The second-order valence-electron chi connectivity index (χ2n) is 7.96. The van der Waals surface area contributed by atoms with Crippen LogP contribution in [0.15, 0.2) is 69.9 Å². The minimum atomic E-state index is -0.374. The van der Waals surface area contributed by atoms with Gasteiger partial charge in [0.15, 0.2) is 12.4 Å². The third kappa shape index (κ3) is 4.75. The van der Waals surface area contributed by atoms with E-state index in [1.807, 2.05) is 45.0 Å². The molecule has 0 fully saturated rings. The SMILES string of the molecule is COc1ccc(-c2oc3cc(C)c(C)cc3c(=O)c2OCC(=O)Nc2cccc(C)c2)cc1. The van der Waals surface area contributed by atoms with E-state index in [1.54, 1.807) is 43.5 Å². The van der Waals surface area contributed by atoms with Crippen molar-refractivity contribution in [3.05, 3.63) is 87.6 Å². The van der Waals surface area contributed by atoms with E-state index in [-0.39, 0.29) is 29.5 Å². The lowest BCUT2D eigenvalue weighted by atomic mass is 10.0. The van der Waals surface area contributed by atoms with Gasteiger partial charge < -0.3 is 19.2 Å². The van der Waals surface area contributed by atoms with Crippen LogP contribution < -0.4 is 20.2 Å². The standard InChI is InChI=1S/C27H25NO5/c1-16-6-5-7-20(12-16)28-24(29)15-32-27-25(30)22-13-17(2)18(3)14-23(22)33-26(27)19-8-10-21(31-4)11-9-19/h5-14H,15H2,1-4H3,(H,28,29). The fourth-order valence-corrected chi connectivity index (χ4v) is 3.55. The van der Waals surface area contributed by atoms with Crippen molar-refractivity contribution in [2.75, 3.05) is 19.0 Å². The van der Waals surface area contributed by atoms with Crippen LogP contribution in [0.2, 0.25) is 0 Å². The third-order valence-electron chi connectivity index (χ3n) is 5.47. The number of hydrogen-bond acceptors (Lipinski definition) is 5. The number of rotatable bonds is 6. The maximum Gasteiger partial charge on any atom is 0.262 e. The maximum absolute atomic E-state index is 13.4. The first-order chi connectivity index (χ1) is 15.9. The van der Waals surface area contributed by atoms with Gasteiger partial charge in [-0.3, -0.25) is 9.59 Å². The molecule has 1 amide bonds. The summed E-state index contributed by atoms with van der Waals surface area (Å²) in [5.41, 5.74) is 4.45. The monoisotopic (exact) mass is 443 g/mol. The van der Waals surface area contributed by atoms with Crippen LogP contribution in [0, 0.1) is 20.8 Å². The minimum absolute atomic E-state index is 0.00434. The van der Waals surface area contributed by atoms with Gasteiger partial charge in [0.05, 0.1) is 12.5 Å². The Kier molecular flexibility index (Phi) is 6.18. The van der Waals surface area contributed by atoms with Crippen molar-refractivity contribution < 1.29 is 18.7 Å². The van der Waals surface area contributed by atoms with Crippen molar-refractivity contribution in [3.8, 4) is 22.8 Å².